The number of carbonyl (C=O) groups excluding carboxylic acids is 1. The molecule has 0 bridgehead atoms. The Morgan fingerprint density at radius 1 is 1.14 bits per heavy atom. The predicted octanol–water partition coefficient (Wildman–Crippen LogP) is 2.00. The van der Waals surface area contributed by atoms with Gasteiger partial charge >= 0.3 is 0 Å². The van der Waals surface area contributed by atoms with E-state index in [9.17, 15) is 14.7 Å². The van der Waals surface area contributed by atoms with Gasteiger partial charge in [-0.05, 0) is 48.6 Å². The number of rotatable bonds is 6. The molecule has 1 N–H and O–H groups in total. The Morgan fingerprint density at radius 3 is 2.49 bits per heavy atom. The van der Waals surface area contributed by atoms with Crippen molar-refractivity contribution in [2.75, 3.05) is 47.6 Å². The lowest BCUT2D eigenvalue weighted by atomic mass is 9.88. The number of methoxy groups -OCH3 is 1. The van der Waals surface area contributed by atoms with Crippen molar-refractivity contribution >= 4 is 5.91 Å². The summed E-state index contributed by atoms with van der Waals surface area (Å²) in [5.74, 6) is 0.981. The van der Waals surface area contributed by atoms with E-state index in [1.54, 1.807) is 26.1 Å². The summed E-state index contributed by atoms with van der Waals surface area (Å²) in [6, 6.07) is 11.0. The van der Waals surface area contributed by atoms with Crippen molar-refractivity contribution in [3.63, 3.8) is 0 Å². The van der Waals surface area contributed by atoms with Crippen LogP contribution in [-0.2, 0) is 16.1 Å². The first-order valence-corrected chi connectivity index (χ1v) is 12.5. The maximum atomic E-state index is 13.6. The van der Waals surface area contributed by atoms with Crippen molar-refractivity contribution in [2.45, 2.75) is 31.5 Å². The monoisotopic (exact) mass is 481 g/mol. The Balaban J connectivity index is 1.54. The molecule has 0 unspecified atom stereocenters. The number of aromatic nitrogens is 1. The molecule has 0 spiro atoms. The van der Waals surface area contributed by atoms with E-state index in [1.165, 1.54) is 0 Å². The fourth-order valence-electron chi connectivity index (χ4n) is 6.28. The Hall–Kier alpha value is -2.68. The second kappa shape index (κ2) is 9.76. The Morgan fingerprint density at radius 2 is 1.86 bits per heavy atom. The summed E-state index contributed by atoms with van der Waals surface area (Å²) < 4.78 is 12.7. The largest absolute Gasteiger partial charge is 0.497 e. The van der Waals surface area contributed by atoms with Gasteiger partial charge in [0.25, 0.3) is 5.56 Å². The zero-order valence-electron chi connectivity index (χ0n) is 20.7. The highest BCUT2D eigenvalue weighted by Gasteiger charge is 2.56. The summed E-state index contributed by atoms with van der Waals surface area (Å²) >= 11 is 0. The second-order valence-electron chi connectivity index (χ2n) is 10.2. The Bertz CT molecular complexity index is 1120. The van der Waals surface area contributed by atoms with E-state index < -0.39 is 6.04 Å². The van der Waals surface area contributed by atoms with Gasteiger partial charge in [-0.15, -0.1) is 0 Å². The van der Waals surface area contributed by atoms with Crippen LogP contribution in [0.1, 0.15) is 24.6 Å². The number of likely N-dealkylation sites (tertiary alicyclic amines) is 1. The first-order chi connectivity index (χ1) is 16.9. The lowest BCUT2D eigenvalue weighted by Crippen LogP contribution is -2.49. The molecule has 2 aromatic rings. The number of aliphatic hydroxyl groups is 1. The zero-order valence-corrected chi connectivity index (χ0v) is 20.7. The van der Waals surface area contributed by atoms with Gasteiger partial charge in [-0.1, -0.05) is 12.1 Å². The third kappa shape index (κ3) is 4.17. The number of pyridine rings is 1. The molecule has 1 aromatic carbocycles. The second-order valence-corrected chi connectivity index (χ2v) is 10.2. The molecule has 2 fully saturated rings. The molecule has 0 saturated carbocycles. The minimum absolute atomic E-state index is 0.00700. The third-order valence-corrected chi connectivity index (χ3v) is 8.10. The summed E-state index contributed by atoms with van der Waals surface area (Å²) in [5, 5.41) is 10.5. The molecule has 3 aliphatic heterocycles. The minimum Gasteiger partial charge on any atom is -0.497 e. The highest BCUT2D eigenvalue weighted by atomic mass is 16.5. The number of likely N-dealkylation sites (N-methyl/N-ethyl adjacent to an activating group) is 1. The van der Waals surface area contributed by atoms with Gasteiger partial charge in [-0.2, -0.15) is 0 Å². The smallest absolute Gasteiger partial charge is 0.258 e. The van der Waals surface area contributed by atoms with Gasteiger partial charge in [0.15, 0.2) is 0 Å². The molecule has 188 valence electrons. The van der Waals surface area contributed by atoms with E-state index in [2.05, 4.69) is 4.90 Å². The van der Waals surface area contributed by atoms with E-state index >= 15 is 0 Å². The van der Waals surface area contributed by atoms with E-state index in [0.717, 1.165) is 49.6 Å². The highest BCUT2D eigenvalue weighted by Crippen LogP contribution is 2.50. The maximum Gasteiger partial charge on any atom is 0.258 e. The van der Waals surface area contributed by atoms with Crippen LogP contribution in [0.3, 0.4) is 0 Å². The average Bonchev–Trinajstić information content (AvgIpc) is 3.40. The summed E-state index contributed by atoms with van der Waals surface area (Å²) in [6.07, 6.45) is 1.92. The van der Waals surface area contributed by atoms with Crippen LogP contribution in [0.25, 0.3) is 11.1 Å². The van der Waals surface area contributed by atoms with Crippen molar-refractivity contribution in [3.8, 4) is 16.9 Å². The van der Waals surface area contributed by atoms with Crippen molar-refractivity contribution in [1.82, 2.24) is 14.4 Å². The van der Waals surface area contributed by atoms with Gasteiger partial charge in [0.05, 0.1) is 19.2 Å². The van der Waals surface area contributed by atoms with Gasteiger partial charge in [0.2, 0.25) is 5.91 Å². The third-order valence-electron chi connectivity index (χ3n) is 8.10. The number of carbonyl (C=O) groups is 1. The van der Waals surface area contributed by atoms with E-state index in [1.807, 2.05) is 41.0 Å². The topological polar surface area (TPSA) is 84.2 Å². The zero-order chi connectivity index (χ0) is 24.7. The van der Waals surface area contributed by atoms with Gasteiger partial charge < -0.3 is 24.0 Å². The van der Waals surface area contributed by atoms with Crippen LogP contribution in [0.5, 0.6) is 5.75 Å². The van der Waals surface area contributed by atoms with Gasteiger partial charge in [-0.25, -0.2) is 0 Å². The lowest BCUT2D eigenvalue weighted by Gasteiger charge is -2.36. The SMILES string of the molecule is COc1ccc(-c2ccc3n(c2=O)C[C@@H]2[C@@H](CO)[C@H](C(=O)N(C)C)N(CC4CCOCC4)[C@H]32)cc1. The summed E-state index contributed by atoms with van der Waals surface area (Å²) in [7, 11) is 5.17. The van der Waals surface area contributed by atoms with Crippen LogP contribution in [0, 0.1) is 17.8 Å². The first kappa shape index (κ1) is 24.0. The van der Waals surface area contributed by atoms with E-state index in [4.69, 9.17) is 9.47 Å². The van der Waals surface area contributed by atoms with Crippen LogP contribution in [-0.4, -0.2) is 79.0 Å². The molecular weight excluding hydrogens is 446 g/mol. The lowest BCUT2D eigenvalue weighted by molar-refractivity contribution is -0.136. The molecule has 8 nitrogen and oxygen atoms in total. The molecule has 5 rings (SSSR count). The van der Waals surface area contributed by atoms with Crippen LogP contribution >= 0.6 is 0 Å². The van der Waals surface area contributed by atoms with E-state index in [-0.39, 0.29) is 36.0 Å². The van der Waals surface area contributed by atoms with Crippen LogP contribution in [0.2, 0.25) is 0 Å². The molecule has 4 atom stereocenters. The highest BCUT2D eigenvalue weighted by molar-refractivity contribution is 5.82. The van der Waals surface area contributed by atoms with E-state index in [0.29, 0.717) is 18.0 Å². The molecule has 35 heavy (non-hydrogen) atoms. The number of fused-ring (bicyclic) bond motifs is 3. The van der Waals surface area contributed by atoms with Crippen molar-refractivity contribution < 1.29 is 19.4 Å². The quantitative estimate of drug-likeness (QED) is 0.680. The molecule has 1 aromatic heterocycles. The molecule has 3 aliphatic rings. The average molecular weight is 482 g/mol. The standard InChI is InChI=1S/C27H35N3O5/c1-28(2)27(33)25-22(16-31)21-15-29-23(24(21)30(25)14-17-10-12-35-13-11-17)9-8-20(26(29)32)18-4-6-19(34-3)7-5-18/h4-9,17,21-22,24-25,31H,10-16H2,1-3H3/t21-,22-,24+,25-/m1/s1. The summed E-state index contributed by atoms with van der Waals surface area (Å²) in [5.41, 5.74) is 2.41. The predicted molar refractivity (Wildman–Crippen MR) is 132 cm³/mol. The normalized spacial score (nSPS) is 26.4. The number of ether oxygens (including phenoxy) is 2. The number of amides is 1. The number of nitrogens with zero attached hydrogens (tertiary/aromatic N) is 3. The number of aliphatic hydroxyl groups excluding tert-OH is 1. The van der Waals surface area contributed by atoms with Gasteiger partial charge in [0, 0.05) is 70.1 Å². The first-order valence-electron chi connectivity index (χ1n) is 12.5. The fraction of sp³-hybridized carbons (Fsp3) is 0.556. The molecule has 0 radical (unpaired) electrons. The summed E-state index contributed by atoms with van der Waals surface area (Å²) in [4.78, 5) is 30.9. The molecular formula is C27H35N3O5. The number of hydrogen-bond acceptors (Lipinski definition) is 6. The number of hydrogen-bond donors (Lipinski definition) is 1. The van der Waals surface area contributed by atoms with Gasteiger partial charge in [-0.3, -0.25) is 14.5 Å². The minimum atomic E-state index is -0.391. The Labute approximate surface area is 206 Å². The number of benzene rings is 1. The molecule has 4 heterocycles. The fourth-order valence-corrected chi connectivity index (χ4v) is 6.28. The molecule has 0 aliphatic carbocycles. The van der Waals surface area contributed by atoms with Crippen LogP contribution in [0.4, 0.5) is 0 Å². The van der Waals surface area contributed by atoms with Crippen molar-refractivity contribution in [1.29, 1.82) is 0 Å². The molecule has 8 heteroatoms. The Kier molecular flexibility index (Phi) is 6.70. The van der Waals surface area contributed by atoms with Crippen molar-refractivity contribution in [2.24, 2.45) is 17.8 Å². The maximum absolute atomic E-state index is 13.6. The van der Waals surface area contributed by atoms with Gasteiger partial charge in [0.1, 0.15) is 5.75 Å². The van der Waals surface area contributed by atoms with Crippen LogP contribution in [0.15, 0.2) is 41.2 Å². The van der Waals surface area contributed by atoms with Crippen LogP contribution < -0.4 is 10.3 Å². The summed E-state index contributed by atoms with van der Waals surface area (Å²) in [6.45, 7) is 2.67. The molecule has 1 amide bonds. The van der Waals surface area contributed by atoms with Crippen molar-refractivity contribution in [3.05, 3.63) is 52.4 Å². The molecule has 2 saturated heterocycles.